The normalized spacial score (nSPS) is 37.4. The van der Waals surface area contributed by atoms with Crippen LogP contribution in [0.3, 0.4) is 0 Å². The van der Waals surface area contributed by atoms with Gasteiger partial charge in [-0.05, 0) is 87.4 Å². The van der Waals surface area contributed by atoms with E-state index in [-0.39, 0.29) is 23.1 Å². The fourth-order valence-corrected chi connectivity index (χ4v) is 6.45. The van der Waals surface area contributed by atoms with Crippen LogP contribution in [0.2, 0.25) is 0 Å². The molecule has 4 saturated carbocycles. The molecule has 4 fully saturated rings. The Morgan fingerprint density at radius 2 is 1.71 bits per heavy atom. The van der Waals surface area contributed by atoms with Gasteiger partial charge >= 0.3 is 0 Å². The second-order valence-corrected chi connectivity index (χ2v) is 10.2. The standard InChI is InChI=1S/C23H35N3O2/c1-15(2)20(21(27)26-24-14-16-6-4-3-5-7-16)25-22(28)23-11-17-8-18(12-23)10-19(9-17)13-23/h3-4,14-20H,5-13H2,1-2H3,(H,25,28)(H,26,27)/b24-14-/t16-,17?,18?,19?,20+,23?/m1/s1. The van der Waals surface area contributed by atoms with Gasteiger partial charge in [-0.2, -0.15) is 5.10 Å². The quantitative estimate of drug-likeness (QED) is 0.415. The summed E-state index contributed by atoms with van der Waals surface area (Å²) in [5, 5.41) is 7.31. The molecular formula is C23H35N3O2. The van der Waals surface area contributed by atoms with Crippen molar-refractivity contribution in [2.45, 2.75) is 77.7 Å². The van der Waals surface area contributed by atoms with Gasteiger partial charge in [-0.15, -0.1) is 0 Å². The summed E-state index contributed by atoms with van der Waals surface area (Å²) < 4.78 is 0. The smallest absolute Gasteiger partial charge is 0.262 e. The van der Waals surface area contributed by atoms with Gasteiger partial charge in [-0.1, -0.05) is 26.0 Å². The second kappa shape index (κ2) is 8.00. The van der Waals surface area contributed by atoms with Crippen LogP contribution in [0.1, 0.15) is 71.6 Å². The van der Waals surface area contributed by atoms with E-state index < -0.39 is 6.04 Å². The van der Waals surface area contributed by atoms with Gasteiger partial charge < -0.3 is 5.32 Å². The molecule has 5 nitrogen and oxygen atoms in total. The fourth-order valence-electron chi connectivity index (χ4n) is 6.45. The molecule has 0 spiro atoms. The van der Waals surface area contributed by atoms with Crippen LogP contribution in [0.15, 0.2) is 17.3 Å². The summed E-state index contributed by atoms with van der Waals surface area (Å²) in [5.74, 6) is 2.50. The van der Waals surface area contributed by atoms with Crippen LogP contribution in [0.4, 0.5) is 0 Å². The number of amides is 2. The van der Waals surface area contributed by atoms with Gasteiger partial charge in [-0.25, -0.2) is 5.43 Å². The van der Waals surface area contributed by atoms with Crippen LogP contribution < -0.4 is 10.7 Å². The van der Waals surface area contributed by atoms with E-state index in [0.29, 0.717) is 5.92 Å². The van der Waals surface area contributed by atoms with Crippen molar-refractivity contribution in [3.8, 4) is 0 Å². The number of rotatable bonds is 6. The average Bonchev–Trinajstić information content (AvgIpc) is 2.65. The Bertz CT molecular complexity index is 631. The van der Waals surface area contributed by atoms with Crippen molar-refractivity contribution in [3.63, 3.8) is 0 Å². The lowest BCUT2D eigenvalue weighted by Crippen LogP contribution is -2.58. The molecule has 5 aliphatic carbocycles. The summed E-state index contributed by atoms with van der Waals surface area (Å²) in [5.41, 5.74) is 2.46. The lowest BCUT2D eigenvalue weighted by Gasteiger charge is -2.55. The maximum atomic E-state index is 13.3. The summed E-state index contributed by atoms with van der Waals surface area (Å²) in [6.45, 7) is 3.97. The van der Waals surface area contributed by atoms with Crippen LogP contribution in [-0.2, 0) is 9.59 Å². The molecule has 0 aromatic carbocycles. The highest BCUT2D eigenvalue weighted by molar-refractivity contribution is 5.90. The van der Waals surface area contributed by atoms with Crippen LogP contribution in [0.25, 0.3) is 0 Å². The van der Waals surface area contributed by atoms with Crippen molar-refractivity contribution < 1.29 is 9.59 Å². The topological polar surface area (TPSA) is 70.6 Å². The number of allylic oxidation sites excluding steroid dienone is 2. The summed E-state index contributed by atoms with van der Waals surface area (Å²) in [7, 11) is 0. The Morgan fingerprint density at radius 1 is 1.07 bits per heavy atom. The fraction of sp³-hybridized carbons (Fsp3) is 0.783. The van der Waals surface area contributed by atoms with Gasteiger partial charge in [-0.3, -0.25) is 9.59 Å². The number of hydrogen-bond acceptors (Lipinski definition) is 3. The van der Waals surface area contributed by atoms with E-state index >= 15 is 0 Å². The predicted molar refractivity (Wildman–Crippen MR) is 110 cm³/mol. The van der Waals surface area contributed by atoms with Crippen molar-refractivity contribution >= 4 is 18.0 Å². The van der Waals surface area contributed by atoms with Gasteiger partial charge in [0.1, 0.15) is 6.04 Å². The lowest BCUT2D eigenvalue weighted by atomic mass is 9.49. The Hall–Kier alpha value is -1.65. The molecule has 28 heavy (non-hydrogen) atoms. The molecule has 0 aromatic rings. The van der Waals surface area contributed by atoms with E-state index in [4.69, 9.17) is 0 Å². The molecule has 2 amide bonds. The average molecular weight is 386 g/mol. The molecule has 154 valence electrons. The molecule has 0 aliphatic heterocycles. The Kier molecular flexibility index (Phi) is 5.62. The zero-order chi connectivity index (χ0) is 19.7. The third-order valence-corrected chi connectivity index (χ3v) is 7.53. The highest BCUT2D eigenvalue weighted by Gasteiger charge is 2.55. The molecule has 0 unspecified atom stereocenters. The monoisotopic (exact) mass is 385 g/mol. The largest absolute Gasteiger partial charge is 0.344 e. The van der Waals surface area contributed by atoms with E-state index in [1.807, 2.05) is 20.1 Å². The van der Waals surface area contributed by atoms with Gasteiger partial charge in [0.25, 0.3) is 5.91 Å². The van der Waals surface area contributed by atoms with Crippen molar-refractivity contribution in [2.75, 3.05) is 0 Å². The zero-order valence-corrected chi connectivity index (χ0v) is 17.3. The second-order valence-electron chi connectivity index (χ2n) is 10.2. The molecule has 5 heteroatoms. The molecule has 4 bridgehead atoms. The molecule has 0 heterocycles. The molecule has 0 saturated heterocycles. The first-order valence-electron chi connectivity index (χ1n) is 11.2. The van der Waals surface area contributed by atoms with Crippen LogP contribution in [0.5, 0.6) is 0 Å². The molecular weight excluding hydrogens is 350 g/mol. The van der Waals surface area contributed by atoms with E-state index in [0.717, 1.165) is 56.3 Å². The molecule has 2 N–H and O–H groups in total. The number of hydrazone groups is 1. The highest BCUT2D eigenvalue weighted by Crippen LogP contribution is 2.60. The maximum absolute atomic E-state index is 13.3. The summed E-state index contributed by atoms with van der Waals surface area (Å²) >= 11 is 0. The van der Waals surface area contributed by atoms with E-state index in [1.54, 1.807) is 0 Å². The minimum Gasteiger partial charge on any atom is -0.344 e. The number of carbonyl (C=O) groups excluding carboxylic acids is 2. The first-order valence-corrected chi connectivity index (χ1v) is 11.2. The lowest BCUT2D eigenvalue weighted by molar-refractivity contribution is -0.149. The minimum absolute atomic E-state index is 0.0330. The predicted octanol–water partition coefficient (Wildman–Crippen LogP) is 3.80. The number of nitrogens with zero attached hydrogens (tertiary/aromatic N) is 1. The van der Waals surface area contributed by atoms with E-state index in [2.05, 4.69) is 28.0 Å². The first kappa shape index (κ1) is 19.7. The molecule has 0 radical (unpaired) electrons. The maximum Gasteiger partial charge on any atom is 0.262 e. The van der Waals surface area contributed by atoms with Gasteiger partial charge in [0.2, 0.25) is 5.91 Å². The summed E-state index contributed by atoms with van der Waals surface area (Å²) in [6, 6.07) is -0.524. The van der Waals surface area contributed by atoms with Crippen LogP contribution >= 0.6 is 0 Å². The molecule has 2 atom stereocenters. The van der Waals surface area contributed by atoms with E-state index in [1.165, 1.54) is 19.3 Å². The van der Waals surface area contributed by atoms with Crippen LogP contribution in [-0.4, -0.2) is 24.1 Å². The third-order valence-electron chi connectivity index (χ3n) is 7.53. The van der Waals surface area contributed by atoms with Gasteiger partial charge in [0.15, 0.2) is 0 Å². The molecule has 5 aliphatic rings. The molecule has 0 aromatic heterocycles. The summed E-state index contributed by atoms with van der Waals surface area (Å²) in [4.78, 5) is 26.0. The minimum atomic E-state index is -0.524. The van der Waals surface area contributed by atoms with Gasteiger partial charge in [0, 0.05) is 11.6 Å². The Morgan fingerprint density at radius 3 is 2.25 bits per heavy atom. The first-order chi connectivity index (χ1) is 13.4. The van der Waals surface area contributed by atoms with Crippen molar-refractivity contribution in [1.82, 2.24) is 10.7 Å². The van der Waals surface area contributed by atoms with Crippen molar-refractivity contribution in [1.29, 1.82) is 0 Å². The Labute approximate surface area is 168 Å². The Balaban J connectivity index is 1.36. The summed E-state index contributed by atoms with van der Waals surface area (Å²) in [6.07, 6.45) is 16.3. The van der Waals surface area contributed by atoms with E-state index in [9.17, 15) is 9.59 Å². The number of nitrogens with one attached hydrogen (secondary N) is 2. The SMILES string of the molecule is CC(C)[C@H](NC(=O)C12CC3CC(CC(C3)C1)C2)C(=O)N/N=C\[C@@H]1CC=CCC1. The third kappa shape index (κ3) is 4.04. The molecule has 5 rings (SSSR count). The zero-order valence-electron chi connectivity index (χ0n) is 17.3. The number of hydrogen-bond donors (Lipinski definition) is 2. The number of carbonyl (C=O) groups is 2. The highest BCUT2D eigenvalue weighted by atomic mass is 16.2. The van der Waals surface area contributed by atoms with Crippen molar-refractivity contribution in [3.05, 3.63) is 12.2 Å². The van der Waals surface area contributed by atoms with Crippen LogP contribution in [0, 0.1) is 35.0 Å². The van der Waals surface area contributed by atoms with Crippen molar-refractivity contribution in [2.24, 2.45) is 40.1 Å². The van der Waals surface area contributed by atoms with Gasteiger partial charge in [0.05, 0.1) is 0 Å².